The molecule has 1 aromatic carbocycles. The first-order chi connectivity index (χ1) is 11.3. The first-order valence-corrected chi connectivity index (χ1v) is 7.34. The Morgan fingerprint density at radius 2 is 2.00 bits per heavy atom. The zero-order valence-corrected chi connectivity index (χ0v) is 13.6. The van der Waals surface area contributed by atoms with E-state index in [1.54, 1.807) is 31.4 Å². The second kappa shape index (κ2) is 5.45. The molecule has 5 N–H and O–H groups in total. The van der Waals surface area contributed by atoms with E-state index in [1.165, 1.54) is 4.68 Å². The van der Waals surface area contributed by atoms with Gasteiger partial charge in [-0.3, -0.25) is 4.79 Å². The van der Waals surface area contributed by atoms with E-state index in [9.17, 15) is 9.90 Å². The van der Waals surface area contributed by atoms with Gasteiger partial charge in [-0.1, -0.05) is 6.07 Å². The van der Waals surface area contributed by atoms with E-state index in [-0.39, 0.29) is 22.8 Å². The number of hydrogen-bond donors (Lipinski definition) is 3. The van der Waals surface area contributed by atoms with Crippen LogP contribution in [0.15, 0.2) is 28.9 Å². The van der Waals surface area contributed by atoms with Crippen LogP contribution in [-0.4, -0.2) is 20.8 Å². The SMILES string of the molecule is Cc1coc(-c2nn(-c3c(C)ccc(O)c3C)c(N)c2C(N)=O)c1. The lowest BCUT2D eigenvalue weighted by Gasteiger charge is -2.12. The number of aromatic nitrogens is 2. The quantitative estimate of drug-likeness (QED) is 0.682. The van der Waals surface area contributed by atoms with Crippen LogP contribution in [0.5, 0.6) is 5.75 Å². The molecule has 124 valence electrons. The van der Waals surface area contributed by atoms with Crippen LogP contribution >= 0.6 is 0 Å². The van der Waals surface area contributed by atoms with Gasteiger partial charge in [-0.15, -0.1) is 0 Å². The normalized spacial score (nSPS) is 11.0. The molecule has 3 rings (SSSR count). The lowest BCUT2D eigenvalue weighted by atomic mass is 10.1. The van der Waals surface area contributed by atoms with E-state index in [0.29, 0.717) is 17.0 Å². The van der Waals surface area contributed by atoms with Crippen LogP contribution in [0.4, 0.5) is 5.82 Å². The van der Waals surface area contributed by atoms with E-state index in [0.717, 1.165) is 11.1 Å². The van der Waals surface area contributed by atoms with Crippen molar-refractivity contribution in [3.8, 4) is 22.9 Å². The molecule has 0 unspecified atom stereocenters. The second-order valence-corrected chi connectivity index (χ2v) is 5.75. The number of hydrogen-bond acceptors (Lipinski definition) is 5. The summed E-state index contributed by atoms with van der Waals surface area (Å²) in [6.07, 6.45) is 1.56. The highest BCUT2D eigenvalue weighted by Gasteiger charge is 2.25. The number of phenolic OH excluding ortho intramolecular Hbond substituents is 1. The van der Waals surface area contributed by atoms with Crippen LogP contribution in [0.25, 0.3) is 17.1 Å². The summed E-state index contributed by atoms with van der Waals surface area (Å²) < 4.78 is 6.86. The maximum absolute atomic E-state index is 11.9. The molecule has 0 bridgehead atoms. The molecule has 0 fully saturated rings. The molecular weight excluding hydrogens is 308 g/mol. The largest absolute Gasteiger partial charge is 0.508 e. The Labute approximate surface area is 138 Å². The number of nitrogens with two attached hydrogens (primary N) is 2. The van der Waals surface area contributed by atoms with Gasteiger partial charge in [0.2, 0.25) is 0 Å². The van der Waals surface area contributed by atoms with E-state index >= 15 is 0 Å². The Hall–Kier alpha value is -3.22. The fraction of sp³-hybridized carbons (Fsp3) is 0.176. The maximum atomic E-state index is 11.9. The van der Waals surface area contributed by atoms with Gasteiger partial charge in [0, 0.05) is 5.56 Å². The summed E-state index contributed by atoms with van der Waals surface area (Å²) in [7, 11) is 0. The van der Waals surface area contributed by atoms with Crippen molar-refractivity contribution in [3.63, 3.8) is 0 Å². The van der Waals surface area contributed by atoms with Crippen molar-refractivity contribution >= 4 is 11.7 Å². The molecule has 0 saturated heterocycles. The number of carbonyl (C=O) groups is 1. The number of anilines is 1. The van der Waals surface area contributed by atoms with Crippen molar-refractivity contribution in [2.75, 3.05) is 5.73 Å². The third kappa shape index (κ3) is 2.30. The highest BCUT2D eigenvalue weighted by atomic mass is 16.3. The van der Waals surface area contributed by atoms with Crippen molar-refractivity contribution in [2.24, 2.45) is 5.73 Å². The molecular formula is C17H18N4O3. The summed E-state index contributed by atoms with van der Waals surface area (Å²) in [6.45, 7) is 5.48. The number of primary amides is 1. The number of rotatable bonds is 3. The molecule has 24 heavy (non-hydrogen) atoms. The molecule has 7 heteroatoms. The first-order valence-electron chi connectivity index (χ1n) is 7.34. The molecule has 0 saturated carbocycles. The van der Waals surface area contributed by atoms with E-state index < -0.39 is 5.91 Å². The lowest BCUT2D eigenvalue weighted by molar-refractivity contribution is 0.100. The highest BCUT2D eigenvalue weighted by Crippen LogP contribution is 2.34. The van der Waals surface area contributed by atoms with Crippen LogP contribution < -0.4 is 11.5 Å². The minimum atomic E-state index is -0.696. The van der Waals surface area contributed by atoms with Gasteiger partial charge in [-0.2, -0.15) is 5.10 Å². The molecule has 1 amide bonds. The Bertz CT molecular complexity index is 953. The molecule has 3 aromatic rings. The zero-order chi connectivity index (χ0) is 17.6. The standard InChI is InChI=1S/C17H18N4O3/c1-8-6-12(24-7-8)14-13(17(19)23)16(18)21(20-14)15-9(2)4-5-11(22)10(15)3/h4-7,22H,18H2,1-3H3,(H2,19,23). The lowest BCUT2D eigenvalue weighted by Crippen LogP contribution is -2.14. The topological polar surface area (TPSA) is 120 Å². The summed E-state index contributed by atoms with van der Waals surface area (Å²) >= 11 is 0. The first kappa shape index (κ1) is 15.7. The highest BCUT2D eigenvalue weighted by molar-refractivity contribution is 6.03. The molecule has 0 spiro atoms. The monoisotopic (exact) mass is 326 g/mol. The average molecular weight is 326 g/mol. The summed E-state index contributed by atoms with van der Waals surface area (Å²) in [5, 5.41) is 14.4. The molecule has 0 aliphatic carbocycles. The minimum absolute atomic E-state index is 0.0893. The van der Waals surface area contributed by atoms with Gasteiger partial charge in [-0.05, 0) is 44.0 Å². The van der Waals surface area contributed by atoms with Gasteiger partial charge in [0.25, 0.3) is 5.91 Å². The van der Waals surface area contributed by atoms with E-state index in [4.69, 9.17) is 15.9 Å². The number of phenols is 1. The molecule has 0 atom stereocenters. The number of amides is 1. The van der Waals surface area contributed by atoms with Gasteiger partial charge in [0.1, 0.15) is 22.8 Å². The molecule has 7 nitrogen and oxygen atoms in total. The predicted octanol–water partition coefficient (Wildman–Crippen LogP) is 2.44. The summed E-state index contributed by atoms with van der Waals surface area (Å²) in [5.74, 6) is -0.0784. The van der Waals surface area contributed by atoms with Gasteiger partial charge in [0.05, 0.1) is 12.0 Å². The van der Waals surface area contributed by atoms with Crippen molar-refractivity contribution in [3.05, 3.63) is 46.7 Å². The van der Waals surface area contributed by atoms with Gasteiger partial charge >= 0.3 is 0 Å². The second-order valence-electron chi connectivity index (χ2n) is 5.75. The van der Waals surface area contributed by atoms with Crippen molar-refractivity contribution in [1.82, 2.24) is 9.78 Å². The van der Waals surface area contributed by atoms with E-state index in [1.807, 2.05) is 13.8 Å². The fourth-order valence-corrected chi connectivity index (χ4v) is 2.72. The molecule has 0 aliphatic heterocycles. The number of furan rings is 1. The van der Waals surface area contributed by atoms with Crippen LogP contribution in [0, 0.1) is 20.8 Å². The zero-order valence-electron chi connectivity index (χ0n) is 13.6. The molecule has 0 aliphatic rings. The smallest absolute Gasteiger partial charge is 0.254 e. The van der Waals surface area contributed by atoms with Crippen LogP contribution in [0.3, 0.4) is 0 Å². The Kier molecular flexibility index (Phi) is 3.56. The van der Waals surface area contributed by atoms with Gasteiger partial charge < -0.3 is 21.0 Å². The molecule has 0 radical (unpaired) electrons. The average Bonchev–Trinajstić information content (AvgIpc) is 3.08. The molecule has 2 aromatic heterocycles. The summed E-state index contributed by atoms with van der Waals surface area (Å²) in [5.41, 5.74) is 14.9. The van der Waals surface area contributed by atoms with E-state index in [2.05, 4.69) is 5.10 Å². The van der Waals surface area contributed by atoms with Gasteiger partial charge in [0.15, 0.2) is 5.76 Å². The maximum Gasteiger partial charge on any atom is 0.254 e. The summed E-state index contributed by atoms with van der Waals surface area (Å²) in [6, 6.07) is 5.10. The number of aryl methyl sites for hydroxylation is 2. The Balaban J connectivity index is 2.32. The minimum Gasteiger partial charge on any atom is -0.508 e. The fourth-order valence-electron chi connectivity index (χ4n) is 2.72. The van der Waals surface area contributed by atoms with Crippen molar-refractivity contribution < 1.29 is 14.3 Å². The number of carbonyl (C=O) groups excluding carboxylic acids is 1. The Morgan fingerprint density at radius 1 is 1.29 bits per heavy atom. The third-order valence-electron chi connectivity index (χ3n) is 3.95. The van der Waals surface area contributed by atoms with Crippen molar-refractivity contribution in [2.45, 2.75) is 20.8 Å². The number of aromatic hydroxyl groups is 1. The number of nitrogens with zero attached hydrogens (tertiary/aromatic N) is 2. The van der Waals surface area contributed by atoms with Crippen molar-refractivity contribution in [1.29, 1.82) is 0 Å². The number of nitrogen functional groups attached to an aromatic ring is 1. The predicted molar refractivity (Wildman–Crippen MR) is 90.1 cm³/mol. The summed E-state index contributed by atoms with van der Waals surface area (Å²) in [4.78, 5) is 11.9. The van der Waals surface area contributed by atoms with Crippen LogP contribution in [-0.2, 0) is 0 Å². The Morgan fingerprint density at radius 3 is 2.58 bits per heavy atom. The molecule has 2 heterocycles. The van der Waals surface area contributed by atoms with Crippen LogP contribution in [0.2, 0.25) is 0 Å². The van der Waals surface area contributed by atoms with Crippen LogP contribution in [0.1, 0.15) is 27.0 Å². The van der Waals surface area contributed by atoms with Gasteiger partial charge in [-0.25, -0.2) is 4.68 Å². The third-order valence-corrected chi connectivity index (χ3v) is 3.95. The number of benzene rings is 1.